The number of carbonyl (C=O) groups excluding carboxylic acids is 1. The molecule has 0 bridgehead atoms. The third-order valence-electron chi connectivity index (χ3n) is 10.6. The fraction of sp³-hybridized carbons (Fsp3) is 0.279. The van der Waals surface area contributed by atoms with Crippen molar-refractivity contribution < 1.29 is 9.53 Å². The zero-order valence-corrected chi connectivity index (χ0v) is 27.4. The van der Waals surface area contributed by atoms with Gasteiger partial charge in [0.1, 0.15) is 0 Å². The number of rotatable bonds is 9. The van der Waals surface area contributed by atoms with Crippen LogP contribution >= 0.6 is 0 Å². The van der Waals surface area contributed by atoms with Gasteiger partial charge in [-0.25, -0.2) is 4.79 Å². The topological polar surface area (TPSA) is 36.2 Å². The first kappa shape index (κ1) is 29.6. The second-order valence-corrected chi connectivity index (χ2v) is 13.8. The summed E-state index contributed by atoms with van der Waals surface area (Å²) in [6, 6.07) is 40.2. The molecule has 0 N–H and O–H groups in total. The molecule has 4 nitrogen and oxygen atoms in total. The number of fused-ring (bicyclic) bond motifs is 6. The number of unbranched alkanes of at least 4 members (excludes halogenated alkanes) is 2. The Labute approximate surface area is 276 Å². The summed E-state index contributed by atoms with van der Waals surface area (Å²) in [6.07, 6.45) is 7.23. The Bertz CT molecular complexity index is 2000. The van der Waals surface area contributed by atoms with Crippen molar-refractivity contribution in [1.29, 1.82) is 0 Å². The number of para-hydroxylation sites is 4. The lowest BCUT2D eigenvalue weighted by atomic mass is 9.92. The number of aromatic nitrogens is 2. The van der Waals surface area contributed by atoms with E-state index >= 15 is 0 Å². The van der Waals surface area contributed by atoms with Crippen LogP contribution in [0.2, 0.25) is 0 Å². The summed E-state index contributed by atoms with van der Waals surface area (Å²) < 4.78 is 10.5. The Morgan fingerprint density at radius 2 is 1.09 bits per heavy atom. The predicted molar refractivity (Wildman–Crippen MR) is 195 cm³/mol. The van der Waals surface area contributed by atoms with Gasteiger partial charge >= 0.3 is 5.97 Å². The summed E-state index contributed by atoms with van der Waals surface area (Å²) >= 11 is 0. The number of esters is 1. The van der Waals surface area contributed by atoms with Crippen LogP contribution in [-0.2, 0) is 4.74 Å². The molecule has 0 spiro atoms. The molecular weight excluding hydrogens is 576 g/mol. The van der Waals surface area contributed by atoms with Gasteiger partial charge in [-0.3, -0.25) is 0 Å². The lowest BCUT2D eigenvalue weighted by molar-refractivity contribution is 0.0497. The molecule has 1 saturated carbocycles. The smallest absolute Gasteiger partial charge is 0.338 e. The van der Waals surface area contributed by atoms with Gasteiger partial charge < -0.3 is 13.9 Å². The number of hydrogen-bond donors (Lipinski definition) is 0. The molecule has 0 radical (unpaired) electrons. The van der Waals surface area contributed by atoms with Gasteiger partial charge in [-0.15, -0.1) is 0 Å². The standard InChI is InChI=1S/C43H42N2O2/c1-29-24-30(2)31(25-29)14-4-3-13-23-47-43(46)32-26-33(44-39-19-9-5-15-35(39)36-16-6-10-20-40(36)44)28-34(27-32)45-41-21-11-7-17-37(41)38-18-8-12-22-42(38)45/h5-12,15-22,26-31H,3-4,13-14,23-25H2,1-2H3. The van der Waals surface area contributed by atoms with Gasteiger partial charge in [0.05, 0.1) is 34.2 Å². The molecule has 47 heavy (non-hydrogen) atoms. The van der Waals surface area contributed by atoms with Crippen LogP contribution in [0.1, 0.15) is 62.7 Å². The fourth-order valence-corrected chi connectivity index (χ4v) is 8.38. The highest BCUT2D eigenvalue weighted by Gasteiger charge is 2.27. The number of benzene rings is 5. The SMILES string of the molecule is CC1CC(C)C(CCCCCOC(=O)c2cc(-n3c4ccccc4c4ccccc43)cc(-n3c4ccccc4c4ccccc43)c2)C1. The Hall–Kier alpha value is -4.83. The van der Waals surface area contributed by atoms with Crippen molar-refractivity contribution >= 4 is 49.6 Å². The van der Waals surface area contributed by atoms with Gasteiger partial charge in [0, 0.05) is 32.9 Å². The minimum atomic E-state index is -0.270. The zero-order valence-electron chi connectivity index (χ0n) is 27.4. The van der Waals surface area contributed by atoms with Crippen LogP contribution in [-0.4, -0.2) is 21.7 Å². The number of hydrogen-bond acceptors (Lipinski definition) is 2. The summed E-state index contributed by atoms with van der Waals surface area (Å²) in [5.41, 5.74) is 6.88. The Balaban J connectivity index is 1.17. The highest BCUT2D eigenvalue weighted by Crippen LogP contribution is 2.39. The van der Waals surface area contributed by atoms with Crippen molar-refractivity contribution in [2.75, 3.05) is 6.61 Å². The third kappa shape index (κ3) is 5.40. The van der Waals surface area contributed by atoms with Gasteiger partial charge in [0.15, 0.2) is 0 Å². The number of carbonyl (C=O) groups is 1. The molecule has 1 aliphatic carbocycles. The normalized spacial score (nSPS) is 18.1. The van der Waals surface area contributed by atoms with E-state index in [9.17, 15) is 4.79 Å². The molecule has 8 rings (SSSR count). The van der Waals surface area contributed by atoms with E-state index in [1.54, 1.807) is 0 Å². The van der Waals surface area contributed by atoms with E-state index in [-0.39, 0.29) is 5.97 Å². The monoisotopic (exact) mass is 618 g/mol. The van der Waals surface area contributed by atoms with E-state index < -0.39 is 0 Å². The first-order chi connectivity index (χ1) is 23.1. The van der Waals surface area contributed by atoms with Gasteiger partial charge in [-0.05, 0) is 79.5 Å². The van der Waals surface area contributed by atoms with E-state index in [4.69, 9.17) is 4.74 Å². The van der Waals surface area contributed by atoms with Crippen molar-refractivity contribution in [2.45, 2.75) is 52.4 Å². The highest BCUT2D eigenvalue weighted by molar-refractivity contribution is 6.10. The largest absolute Gasteiger partial charge is 0.462 e. The van der Waals surface area contributed by atoms with Crippen molar-refractivity contribution in [3.63, 3.8) is 0 Å². The lowest BCUT2D eigenvalue weighted by Gasteiger charge is -2.16. The van der Waals surface area contributed by atoms with Crippen LogP contribution in [0.4, 0.5) is 0 Å². The molecule has 0 amide bonds. The van der Waals surface area contributed by atoms with Gasteiger partial charge in [0.2, 0.25) is 0 Å². The Kier molecular flexibility index (Phi) is 7.81. The summed E-state index contributed by atoms with van der Waals surface area (Å²) in [4.78, 5) is 13.8. The third-order valence-corrected chi connectivity index (χ3v) is 10.6. The summed E-state index contributed by atoms with van der Waals surface area (Å²) in [6.45, 7) is 5.25. The first-order valence-corrected chi connectivity index (χ1v) is 17.4. The van der Waals surface area contributed by atoms with E-state index in [1.807, 2.05) is 12.1 Å². The molecule has 1 fully saturated rings. The molecular formula is C43H42N2O2. The lowest BCUT2D eigenvalue weighted by Crippen LogP contribution is -2.09. The molecule has 0 saturated heterocycles. The second-order valence-electron chi connectivity index (χ2n) is 13.8. The highest BCUT2D eigenvalue weighted by atomic mass is 16.5. The van der Waals surface area contributed by atoms with E-state index in [0.29, 0.717) is 12.2 Å². The van der Waals surface area contributed by atoms with Crippen molar-refractivity contribution in [3.8, 4) is 11.4 Å². The maximum absolute atomic E-state index is 13.8. The summed E-state index contributed by atoms with van der Waals surface area (Å²) in [7, 11) is 0. The van der Waals surface area contributed by atoms with E-state index in [0.717, 1.165) is 64.0 Å². The molecule has 2 aromatic heterocycles. The first-order valence-electron chi connectivity index (χ1n) is 17.4. The predicted octanol–water partition coefficient (Wildman–Crippen LogP) is 11.3. The molecule has 1 aliphatic rings. The summed E-state index contributed by atoms with van der Waals surface area (Å²) in [5, 5.41) is 4.76. The van der Waals surface area contributed by atoms with Crippen LogP contribution < -0.4 is 0 Å². The van der Waals surface area contributed by atoms with Crippen LogP contribution in [0.25, 0.3) is 55.0 Å². The van der Waals surface area contributed by atoms with Crippen LogP contribution in [0.3, 0.4) is 0 Å². The molecule has 2 heterocycles. The van der Waals surface area contributed by atoms with Crippen molar-refractivity contribution in [1.82, 2.24) is 9.13 Å². The molecule has 236 valence electrons. The maximum atomic E-state index is 13.8. The van der Waals surface area contributed by atoms with Gasteiger partial charge in [0.25, 0.3) is 0 Å². The Morgan fingerprint density at radius 3 is 1.53 bits per heavy atom. The quantitative estimate of drug-likeness (QED) is 0.119. The van der Waals surface area contributed by atoms with Gasteiger partial charge in [-0.1, -0.05) is 106 Å². The van der Waals surface area contributed by atoms with E-state index in [2.05, 4.69) is 126 Å². The van der Waals surface area contributed by atoms with Crippen LogP contribution in [0, 0.1) is 17.8 Å². The number of nitrogens with zero attached hydrogens (tertiary/aromatic N) is 2. The maximum Gasteiger partial charge on any atom is 0.338 e. The zero-order chi connectivity index (χ0) is 31.9. The molecule has 5 aromatic carbocycles. The average molecular weight is 619 g/mol. The van der Waals surface area contributed by atoms with Crippen LogP contribution in [0.5, 0.6) is 0 Å². The molecule has 3 atom stereocenters. The second kappa shape index (κ2) is 12.4. The Morgan fingerprint density at radius 1 is 0.617 bits per heavy atom. The number of ether oxygens (including phenoxy) is 1. The fourth-order valence-electron chi connectivity index (χ4n) is 8.38. The molecule has 3 unspecified atom stereocenters. The van der Waals surface area contributed by atoms with Crippen molar-refractivity contribution in [2.24, 2.45) is 17.8 Å². The average Bonchev–Trinajstić information content (AvgIpc) is 3.74. The summed E-state index contributed by atoms with van der Waals surface area (Å²) in [5.74, 6) is 2.29. The van der Waals surface area contributed by atoms with Crippen molar-refractivity contribution in [3.05, 3.63) is 121 Å². The van der Waals surface area contributed by atoms with Gasteiger partial charge in [-0.2, -0.15) is 0 Å². The molecule has 7 aromatic rings. The van der Waals surface area contributed by atoms with Crippen LogP contribution in [0.15, 0.2) is 115 Å². The minimum Gasteiger partial charge on any atom is -0.462 e. The minimum absolute atomic E-state index is 0.270. The molecule has 4 heteroatoms. The molecule has 0 aliphatic heterocycles. The van der Waals surface area contributed by atoms with E-state index in [1.165, 1.54) is 47.2 Å².